The van der Waals surface area contributed by atoms with Gasteiger partial charge in [-0.15, -0.1) is 0 Å². The molecule has 0 aromatic carbocycles. The molecule has 0 rings (SSSR count). The van der Waals surface area contributed by atoms with Crippen LogP contribution in [0.3, 0.4) is 0 Å². The molecule has 1 N–H and O–H groups in total. The maximum atomic E-state index is 12.9. The Morgan fingerprint density at radius 1 is 0.543 bits per heavy atom. The quantitative estimate of drug-likeness (QED) is 0.0536. The number of carbonyl (C=O) groups is 2. The Balaban J connectivity index is 4.08. The summed E-state index contributed by atoms with van der Waals surface area (Å²) in [6.07, 6.45) is 31.9. The maximum Gasteiger partial charge on any atom is 0.308 e. The molecule has 0 amide bonds. The second-order valence-electron chi connectivity index (χ2n) is 14.3. The van der Waals surface area contributed by atoms with Crippen molar-refractivity contribution in [3.05, 3.63) is 0 Å². The topological polar surface area (TPSA) is 76.1 Å². The lowest BCUT2D eigenvalue weighted by Crippen LogP contribution is -2.21. The van der Waals surface area contributed by atoms with E-state index in [4.69, 9.17) is 14.6 Å². The lowest BCUT2D eigenvalue weighted by Gasteiger charge is -2.17. The molecule has 0 aliphatic heterocycles. The molecule has 6 nitrogen and oxygen atoms in total. The molecule has 0 radical (unpaired) electrons. The number of ether oxygens (including phenoxy) is 2. The van der Waals surface area contributed by atoms with Crippen LogP contribution >= 0.6 is 0 Å². The van der Waals surface area contributed by atoms with Crippen LogP contribution in [0.15, 0.2) is 0 Å². The zero-order valence-electron chi connectivity index (χ0n) is 31.3. The summed E-state index contributed by atoms with van der Waals surface area (Å²) >= 11 is 0. The molecular formula is C40H79NO5. The molecule has 0 saturated heterocycles. The number of unbranched alkanes of at least 4 members (excludes halogenated alkanes) is 18. The lowest BCUT2D eigenvalue weighted by atomic mass is 9.92. The number of carbonyl (C=O) groups excluding carboxylic acids is 2. The average Bonchev–Trinajstić information content (AvgIpc) is 3.03. The number of aliphatic hydroxyl groups excluding tert-OH is 1. The van der Waals surface area contributed by atoms with Gasteiger partial charge in [-0.1, -0.05) is 142 Å². The minimum absolute atomic E-state index is 0.0130. The number of hydrogen-bond donors (Lipinski definition) is 1. The van der Waals surface area contributed by atoms with E-state index in [0.717, 1.165) is 64.3 Å². The Morgan fingerprint density at radius 2 is 0.978 bits per heavy atom. The van der Waals surface area contributed by atoms with Gasteiger partial charge in [-0.25, -0.2) is 0 Å². The number of aliphatic hydroxyl groups is 1. The van der Waals surface area contributed by atoms with Gasteiger partial charge in [0.05, 0.1) is 19.1 Å². The predicted molar refractivity (Wildman–Crippen MR) is 195 cm³/mol. The predicted octanol–water partition coefficient (Wildman–Crippen LogP) is 10.8. The molecule has 0 fully saturated rings. The van der Waals surface area contributed by atoms with Crippen molar-refractivity contribution in [2.24, 2.45) is 11.8 Å². The normalized spacial score (nSPS) is 12.2. The zero-order valence-corrected chi connectivity index (χ0v) is 31.3. The summed E-state index contributed by atoms with van der Waals surface area (Å²) in [5.41, 5.74) is 0. The van der Waals surface area contributed by atoms with Gasteiger partial charge in [0.15, 0.2) is 0 Å². The minimum atomic E-state index is 0.0130. The molecule has 274 valence electrons. The molecule has 1 unspecified atom stereocenters. The van der Waals surface area contributed by atoms with Gasteiger partial charge >= 0.3 is 11.9 Å². The highest BCUT2D eigenvalue weighted by molar-refractivity contribution is 5.72. The Kier molecular flexibility index (Phi) is 34.3. The molecule has 0 aliphatic carbocycles. The highest BCUT2D eigenvalue weighted by Crippen LogP contribution is 2.23. The summed E-state index contributed by atoms with van der Waals surface area (Å²) in [7, 11) is 4.10. The van der Waals surface area contributed by atoms with Crippen LogP contribution < -0.4 is 0 Å². The fraction of sp³-hybridized carbons (Fsp3) is 0.950. The van der Waals surface area contributed by atoms with Crippen molar-refractivity contribution >= 4 is 11.9 Å². The largest absolute Gasteiger partial charge is 0.466 e. The molecular weight excluding hydrogens is 574 g/mol. The van der Waals surface area contributed by atoms with Gasteiger partial charge in [0, 0.05) is 19.6 Å². The first kappa shape index (κ1) is 44.9. The number of hydrogen-bond acceptors (Lipinski definition) is 6. The highest BCUT2D eigenvalue weighted by atomic mass is 16.5. The van der Waals surface area contributed by atoms with E-state index in [1.165, 1.54) is 116 Å². The molecule has 0 saturated carbocycles. The van der Waals surface area contributed by atoms with Crippen LogP contribution in [0.4, 0.5) is 0 Å². The molecule has 0 spiro atoms. The fourth-order valence-corrected chi connectivity index (χ4v) is 6.36. The first-order valence-electron chi connectivity index (χ1n) is 20.0. The van der Waals surface area contributed by atoms with Gasteiger partial charge in [-0.3, -0.25) is 9.59 Å². The van der Waals surface area contributed by atoms with Crippen molar-refractivity contribution in [3.8, 4) is 0 Å². The van der Waals surface area contributed by atoms with Gasteiger partial charge in [0.2, 0.25) is 0 Å². The smallest absolute Gasteiger partial charge is 0.308 e. The Labute approximate surface area is 286 Å². The van der Waals surface area contributed by atoms with Gasteiger partial charge in [-0.2, -0.15) is 0 Å². The number of nitrogens with zero attached hydrogens (tertiary/aromatic N) is 1. The second kappa shape index (κ2) is 35.2. The second-order valence-corrected chi connectivity index (χ2v) is 14.3. The van der Waals surface area contributed by atoms with Crippen molar-refractivity contribution in [2.45, 2.75) is 194 Å². The van der Waals surface area contributed by atoms with Crippen LogP contribution in [0, 0.1) is 11.8 Å². The van der Waals surface area contributed by atoms with Crippen molar-refractivity contribution in [1.82, 2.24) is 4.90 Å². The number of esters is 2. The third-order valence-electron chi connectivity index (χ3n) is 9.39. The maximum absolute atomic E-state index is 12.9. The summed E-state index contributed by atoms with van der Waals surface area (Å²) < 4.78 is 11.3. The third-order valence-corrected chi connectivity index (χ3v) is 9.39. The minimum Gasteiger partial charge on any atom is -0.466 e. The van der Waals surface area contributed by atoms with E-state index >= 15 is 0 Å². The lowest BCUT2D eigenvalue weighted by molar-refractivity contribution is -0.149. The van der Waals surface area contributed by atoms with Crippen molar-refractivity contribution in [3.63, 3.8) is 0 Å². The van der Waals surface area contributed by atoms with Crippen LogP contribution in [-0.2, 0) is 19.1 Å². The van der Waals surface area contributed by atoms with Crippen LogP contribution in [0.1, 0.15) is 194 Å². The van der Waals surface area contributed by atoms with Crippen LogP contribution in [0.25, 0.3) is 0 Å². The Bertz CT molecular complexity index is 646. The molecule has 46 heavy (non-hydrogen) atoms. The van der Waals surface area contributed by atoms with E-state index in [1.807, 2.05) is 0 Å². The molecule has 0 aromatic heterocycles. The summed E-state index contributed by atoms with van der Waals surface area (Å²) in [6.45, 7) is 6.83. The van der Waals surface area contributed by atoms with Crippen LogP contribution in [-0.4, -0.2) is 62.4 Å². The van der Waals surface area contributed by atoms with Crippen LogP contribution in [0.5, 0.6) is 0 Å². The van der Waals surface area contributed by atoms with Crippen molar-refractivity contribution < 1.29 is 24.2 Å². The highest BCUT2D eigenvalue weighted by Gasteiger charge is 2.19. The van der Waals surface area contributed by atoms with Gasteiger partial charge in [-0.05, 0) is 65.0 Å². The van der Waals surface area contributed by atoms with Crippen molar-refractivity contribution in [2.75, 3.05) is 40.5 Å². The molecule has 6 heteroatoms. The van der Waals surface area contributed by atoms with E-state index in [0.29, 0.717) is 32.2 Å². The first-order chi connectivity index (χ1) is 22.4. The summed E-state index contributed by atoms with van der Waals surface area (Å²) in [4.78, 5) is 27.4. The molecule has 0 aliphatic rings. The van der Waals surface area contributed by atoms with E-state index in [1.54, 1.807) is 0 Å². The van der Waals surface area contributed by atoms with E-state index in [2.05, 4.69) is 32.8 Å². The summed E-state index contributed by atoms with van der Waals surface area (Å²) in [5.74, 6) is 0.587. The monoisotopic (exact) mass is 654 g/mol. The van der Waals surface area contributed by atoms with Crippen LogP contribution in [0.2, 0.25) is 0 Å². The number of rotatable bonds is 36. The first-order valence-corrected chi connectivity index (χ1v) is 20.0. The Hall–Kier alpha value is -1.14. The Morgan fingerprint density at radius 3 is 1.46 bits per heavy atom. The molecule has 0 bridgehead atoms. The van der Waals surface area contributed by atoms with Gasteiger partial charge < -0.3 is 19.5 Å². The molecule has 0 heterocycles. The van der Waals surface area contributed by atoms with E-state index < -0.39 is 0 Å². The molecule has 0 aromatic rings. The molecule has 1 atom stereocenters. The van der Waals surface area contributed by atoms with Gasteiger partial charge in [0.1, 0.15) is 0 Å². The SMILES string of the molecule is CCCCCC(CCCCC)CC(=O)OCCCCCCCCCCC(CCCCCCCCCCO)C(=O)OCCCN(C)C. The third kappa shape index (κ3) is 31.5. The van der Waals surface area contributed by atoms with E-state index in [-0.39, 0.29) is 17.9 Å². The summed E-state index contributed by atoms with van der Waals surface area (Å²) in [5, 5.41) is 8.90. The van der Waals surface area contributed by atoms with Crippen molar-refractivity contribution in [1.29, 1.82) is 0 Å². The van der Waals surface area contributed by atoms with Gasteiger partial charge in [0.25, 0.3) is 0 Å². The summed E-state index contributed by atoms with van der Waals surface area (Å²) in [6, 6.07) is 0. The zero-order chi connectivity index (χ0) is 33.9. The fourth-order valence-electron chi connectivity index (χ4n) is 6.36. The standard InChI is InChI=1S/C40H79NO5/c1-5-7-21-28-37(29-22-8-6-2)36-39(43)45-34-26-20-16-12-10-14-18-24-31-38(40(44)46-35-27-32-41(3)4)30-23-17-13-9-11-15-19-25-33-42/h37-38,42H,5-36H2,1-4H3. The average molecular weight is 654 g/mol. The van der Waals surface area contributed by atoms with E-state index in [9.17, 15) is 9.59 Å².